The topological polar surface area (TPSA) is 63.6 Å². The molecule has 0 bridgehead atoms. The van der Waals surface area contributed by atoms with E-state index in [-0.39, 0.29) is 12.1 Å². The minimum atomic E-state index is -0.878. The van der Waals surface area contributed by atoms with Gasteiger partial charge in [-0.3, -0.25) is 9.59 Å². The minimum Gasteiger partial charge on any atom is -0.481 e. The lowest BCUT2D eigenvalue weighted by atomic mass is 9.67. The van der Waals surface area contributed by atoms with Crippen molar-refractivity contribution in [3.8, 4) is 0 Å². The van der Waals surface area contributed by atoms with Gasteiger partial charge in [0.05, 0.1) is 11.3 Å². The monoisotopic (exact) mass is 424 g/mol. The third-order valence-electron chi connectivity index (χ3n) is 6.86. The van der Waals surface area contributed by atoms with Crippen LogP contribution in [0.25, 0.3) is 0 Å². The Morgan fingerprint density at radius 1 is 0.967 bits per heavy atom. The number of unbranched alkanes of at least 4 members (excludes halogenated alkanes) is 9. The molecule has 176 valence electrons. The number of hydrogen-bond acceptors (Lipinski definition) is 3. The standard InChI is InChI=1S/C26H48O4/c1-5-6-7-8-9-10-11-12-13-14-17-22(20-21(2)3)30-25(29)26(4)19-16-15-18-23(26)24(27)28/h21-23H,5-20H2,1-4H3,(H,27,28). The van der Waals surface area contributed by atoms with Crippen LogP contribution in [0, 0.1) is 17.3 Å². The number of carboxylic acids is 1. The molecule has 4 heteroatoms. The molecule has 0 saturated heterocycles. The summed E-state index contributed by atoms with van der Waals surface area (Å²) in [5.74, 6) is -1.30. The molecule has 0 spiro atoms. The molecule has 0 aromatic carbocycles. The fourth-order valence-corrected chi connectivity index (χ4v) is 4.87. The van der Waals surface area contributed by atoms with Crippen LogP contribution < -0.4 is 0 Å². The highest BCUT2D eigenvalue weighted by Crippen LogP contribution is 2.42. The van der Waals surface area contributed by atoms with Crippen molar-refractivity contribution >= 4 is 11.9 Å². The average Bonchev–Trinajstić information content (AvgIpc) is 2.68. The van der Waals surface area contributed by atoms with Crippen LogP contribution in [0.2, 0.25) is 0 Å². The van der Waals surface area contributed by atoms with E-state index in [1.807, 2.05) is 0 Å². The molecule has 0 aromatic heterocycles. The third kappa shape index (κ3) is 9.83. The maximum absolute atomic E-state index is 13.0. The molecular weight excluding hydrogens is 376 g/mol. The quantitative estimate of drug-likeness (QED) is 0.205. The lowest BCUT2D eigenvalue weighted by Gasteiger charge is -2.38. The van der Waals surface area contributed by atoms with Crippen molar-refractivity contribution in [3.05, 3.63) is 0 Å². The fourth-order valence-electron chi connectivity index (χ4n) is 4.87. The van der Waals surface area contributed by atoms with Crippen LogP contribution in [-0.2, 0) is 14.3 Å². The first-order chi connectivity index (χ1) is 14.3. The molecule has 1 saturated carbocycles. The van der Waals surface area contributed by atoms with Crippen molar-refractivity contribution in [3.63, 3.8) is 0 Å². The Bertz CT molecular complexity index is 487. The van der Waals surface area contributed by atoms with Gasteiger partial charge in [0, 0.05) is 0 Å². The molecule has 30 heavy (non-hydrogen) atoms. The number of hydrogen-bond donors (Lipinski definition) is 1. The van der Waals surface area contributed by atoms with Crippen molar-refractivity contribution < 1.29 is 19.4 Å². The SMILES string of the molecule is CCCCCCCCCCCCC(CC(C)C)OC(=O)C1(C)CCCCC1C(=O)O. The molecule has 1 N–H and O–H groups in total. The highest BCUT2D eigenvalue weighted by atomic mass is 16.5. The third-order valence-corrected chi connectivity index (χ3v) is 6.86. The minimum absolute atomic E-state index is 0.0836. The Hall–Kier alpha value is -1.06. The molecule has 0 amide bonds. The molecule has 1 fully saturated rings. The maximum Gasteiger partial charge on any atom is 0.312 e. The van der Waals surface area contributed by atoms with Crippen molar-refractivity contribution in [1.29, 1.82) is 0 Å². The van der Waals surface area contributed by atoms with Gasteiger partial charge in [0.15, 0.2) is 0 Å². The van der Waals surface area contributed by atoms with Crippen molar-refractivity contribution in [2.45, 2.75) is 137 Å². The molecule has 0 aliphatic heterocycles. The zero-order chi connectivity index (χ0) is 22.4. The normalized spacial score (nSPS) is 22.8. The van der Waals surface area contributed by atoms with Gasteiger partial charge < -0.3 is 9.84 Å². The summed E-state index contributed by atoms with van der Waals surface area (Å²) < 4.78 is 5.96. The average molecular weight is 425 g/mol. The van der Waals surface area contributed by atoms with E-state index in [0.717, 1.165) is 32.1 Å². The number of aliphatic carboxylic acids is 1. The van der Waals surface area contributed by atoms with Gasteiger partial charge >= 0.3 is 11.9 Å². The van der Waals surface area contributed by atoms with Crippen LogP contribution in [0.4, 0.5) is 0 Å². The molecule has 4 nitrogen and oxygen atoms in total. The Kier molecular flexibility index (Phi) is 13.4. The summed E-state index contributed by atoms with van der Waals surface area (Å²) in [4.78, 5) is 24.7. The Labute approximate surface area is 185 Å². The van der Waals surface area contributed by atoms with Crippen molar-refractivity contribution in [2.24, 2.45) is 17.3 Å². The van der Waals surface area contributed by atoms with Gasteiger partial charge in [0.1, 0.15) is 6.10 Å². The maximum atomic E-state index is 13.0. The van der Waals surface area contributed by atoms with E-state index in [0.29, 0.717) is 18.8 Å². The van der Waals surface area contributed by atoms with Gasteiger partial charge in [-0.2, -0.15) is 0 Å². The summed E-state index contributed by atoms with van der Waals surface area (Å²) in [5, 5.41) is 9.60. The lowest BCUT2D eigenvalue weighted by molar-refractivity contribution is -0.174. The molecule has 0 aromatic rings. The second-order valence-electron chi connectivity index (χ2n) is 10.2. The van der Waals surface area contributed by atoms with E-state index in [1.165, 1.54) is 57.8 Å². The predicted molar refractivity (Wildman–Crippen MR) is 123 cm³/mol. The first-order valence-corrected chi connectivity index (χ1v) is 12.7. The zero-order valence-corrected chi connectivity index (χ0v) is 20.2. The van der Waals surface area contributed by atoms with Crippen LogP contribution in [0.3, 0.4) is 0 Å². The first kappa shape index (κ1) is 27.0. The van der Waals surface area contributed by atoms with Crippen LogP contribution in [0.15, 0.2) is 0 Å². The van der Waals surface area contributed by atoms with Crippen LogP contribution in [0.1, 0.15) is 130 Å². The summed E-state index contributed by atoms with van der Waals surface area (Å²) in [7, 11) is 0. The van der Waals surface area contributed by atoms with Gasteiger partial charge in [0.2, 0.25) is 0 Å². The van der Waals surface area contributed by atoms with Crippen LogP contribution in [-0.4, -0.2) is 23.1 Å². The van der Waals surface area contributed by atoms with E-state index in [2.05, 4.69) is 20.8 Å². The number of carbonyl (C=O) groups is 2. The van der Waals surface area contributed by atoms with Crippen LogP contribution >= 0.6 is 0 Å². The summed E-state index contributed by atoms with van der Waals surface area (Å²) in [5.41, 5.74) is -0.878. The van der Waals surface area contributed by atoms with Crippen LogP contribution in [0.5, 0.6) is 0 Å². The largest absolute Gasteiger partial charge is 0.481 e. The summed E-state index contributed by atoms with van der Waals surface area (Å²) in [6, 6.07) is 0. The summed E-state index contributed by atoms with van der Waals surface area (Å²) in [6.07, 6.45) is 17.6. The summed E-state index contributed by atoms with van der Waals surface area (Å²) >= 11 is 0. The number of carbonyl (C=O) groups excluding carboxylic acids is 1. The smallest absolute Gasteiger partial charge is 0.312 e. The molecule has 3 atom stereocenters. The van der Waals surface area contributed by atoms with E-state index in [4.69, 9.17) is 4.74 Å². The molecule has 1 aliphatic carbocycles. The van der Waals surface area contributed by atoms with E-state index < -0.39 is 17.3 Å². The molecule has 1 aliphatic rings. The van der Waals surface area contributed by atoms with E-state index >= 15 is 0 Å². The second kappa shape index (κ2) is 14.9. The van der Waals surface area contributed by atoms with Gasteiger partial charge in [-0.15, -0.1) is 0 Å². The Morgan fingerprint density at radius 3 is 2.07 bits per heavy atom. The Balaban J connectivity index is 2.40. The highest BCUT2D eigenvalue weighted by Gasteiger charge is 2.48. The van der Waals surface area contributed by atoms with E-state index in [1.54, 1.807) is 6.92 Å². The number of rotatable bonds is 16. The highest BCUT2D eigenvalue weighted by molar-refractivity contribution is 5.84. The Morgan fingerprint density at radius 2 is 1.53 bits per heavy atom. The number of esters is 1. The number of carboxylic acid groups (broad SMARTS) is 1. The molecule has 0 heterocycles. The molecule has 0 radical (unpaired) electrons. The molecular formula is C26H48O4. The van der Waals surface area contributed by atoms with Gasteiger partial charge in [-0.05, 0) is 44.9 Å². The van der Waals surface area contributed by atoms with Gasteiger partial charge in [-0.25, -0.2) is 0 Å². The van der Waals surface area contributed by atoms with E-state index in [9.17, 15) is 14.7 Å². The predicted octanol–water partition coefficient (Wildman–Crippen LogP) is 7.54. The van der Waals surface area contributed by atoms with Crippen molar-refractivity contribution in [2.75, 3.05) is 0 Å². The molecule has 1 rings (SSSR count). The lowest BCUT2D eigenvalue weighted by Crippen LogP contribution is -2.44. The molecule has 3 unspecified atom stereocenters. The zero-order valence-electron chi connectivity index (χ0n) is 20.2. The van der Waals surface area contributed by atoms with Gasteiger partial charge in [0.25, 0.3) is 0 Å². The fraction of sp³-hybridized carbons (Fsp3) is 0.923. The second-order valence-corrected chi connectivity index (χ2v) is 10.2. The van der Waals surface area contributed by atoms with Crippen molar-refractivity contribution in [1.82, 2.24) is 0 Å². The summed E-state index contributed by atoms with van der Waals surface area (Å²) in [6.45, 7) is 8.37. The first-order valence-electron chi connectivity index (χ1n) is 12.7. The number of ether oxygens (including phenoxy) is 1. The van der Waals surface area contributed by atoms with Gasteiger partial charge in [-0.1, -0.05) is 91.4 Å².